The molecule has 2 rings (SSSR count). The van der Waals surface area contributed by atoms with Crippen LogP contribution in [0.25, 0.3) is 0 Å². The van der Waals surface area contributed by atoms with E-state index >= 15 is 0 Å². The predicted molar refractivity (Wildman–Crippen MR) is 59.6 cm³/mol. The fraction of sp³-hybridized carbons (Fsp3) is 0.111. The fourth-order valence-corrected chi connectivity index (χ4v) is 2.80. The highest BCUT2D eigenvalue weighted by Gasteiger charge is 2.04. The van der Waals surface area contributed by atoms with Crippen LogP contribution in [0.5, 0.6) is 0 Å². The van der Waals surface area contributed by atoms with Crippen LogP contribution < -0.4 is 5.73 Å². The fourth-order valence-electron chi connectivity index (χ4n) is 0.987. The van der Waals surface area contributed by atoms with Crippen molar-refractivity contribution in [3.8, 4) is 0 Å². The van der Waals surface area contributed by atoms with Gasteiger partial charge >= 0.3 is 0 Å². The van der Waals surface area contributed by atoms with Crippen molar-refractivity contribution < 1.29 is 0 Å². The third-order valence-corrected chi connectivity index (χ3v) is 3.61. The number of nitrogens with zero attached hydrogens (tertiary/aromatic N) is 2. The van der Waals surface area contributed by atoms with Crippen molar-refractivity contribution in [2.24, 2.45) is 0 Å². The van der Waals surface area contributed by atoms with Crippen LogP contribution in [-0.4, -0.2) is 10.2 Å². The molecule has 0 unspecified atom stereocenters. The van der Waals surface area contributed by atoms with Crippen molar-refractivity contribution in [1.29, 1.82) is 0 Å². The maximum atomic E-state index is 5.81. The summed E-state index contributed by atoms with van der Waals surface area (Å²) in [7, 11) is 0. The second-order valence-corrected chi connectivity index (χ2v) is 5.20. The summed E-state index contributed by atoms with van der Waals surface area (Å²) in [6.07, 6.45) is 0. The first-order chi connectivity index (χ1) is 6.75. The van der Waals surface area contributed by atoms with Gasteiger partial charge in [-0.15, -0.1) is 10.2 Å². The molecule has 3 nitrogen and oxygen atoms in total. The minimum absolute atomic E-state index is 0.783. The van der Waals surface area contributed by atoms with Gasteiger partial charge in [0.05, 0.1) is 0 Å². The van der Waals surface area contributed by atoms with Gasteiger partial charge in [0.25, 0.3) is 0 Å². The van der Waals surface area contributed by atoms with E-state index in [9.17, 15) is 0 Å². The molecular formula is C9H9N3S2. The Morgan fingerprint density at radius 1 is 1.29 bits per heavy atom. The van der Waals surface area contributed by atoms with E-state index in [1.807, 2.05) is 31.2 Å². The summed E-state index contributed by atoms with van der Waals surface area (Å²) in [5, 5.41) is 8.95. The summed E-state index contributed by atoms with van der Waals surface area (Å²) >= 11 is 3.13. The van der Waals surface area contributed by atoms with Crippen LogP contribution in [0.4, 0.5) is 5.69 Å². The van der Waals surface area contributed by atoms with Gasteiger partial charge in [0, 0.05) is 10.6 Å². The number of nitrogens with two attached hydrogens (primary N) is 1. The summed E-state index contributed by atoms with van der Waals surface area (Å²) in [4.78, 5) is 1.03. The molecule has 0 bridgehead atoms. The first-order valence-corrected chi connectivity index (χ1v) is 5.71. The molecule has 0 aliphatic rings. The van der Waals surface area contributed by atoms with E-state index in [-0.39, 0.29) is 0 Å². The second-order valence-electron chi connectivity index (χ2n) is 2.73. The monoisotopic (exact) mass is 223 g/mol. The van der Waals surface area contributed by atoms with Crippen LogP contribution >= 0.6 is 23.1 Å². The summed E-state index contributed by atoms with van der Waals surface area (Å²) in [6.45, 7) is 1.94. The lowest BCUT2D eigenvalue weighted by Gasteiger charge is -2.00. The van der Waals surface area contributed by atoms with Crippen molar-refractivity contribution in [2.45, 2.75) is 16.2 Å². The molecule has 0 aliphatic heterocycles. The zero-order chi connectivity index (χ0) is 9.97. The maximum absolute atomic E-state index is 5.81. The largest absolute Gasteiger partial charge is 0.398 e. The molecule has 2 N–H and O–H groups in total. The van der Waals surface area contributed by atoms with Crippen LogP contribution in [0, 0.1) is 6.92 Å². The number of nitrogen functional groups attached to an aromatic ring is 1. The number of hydrogen-bond donors (Lipinski definition) is 1. The molecular weight excluding hydrogens is 214 g/mol. The van der Waals surface area contributed by atoms with E-state index in [0.717, 1.165) is 19.9 Å². The highest BCUT2D eigenvalue weighted by atomic mass is 32.2. The lowest BCUT2D eigenvalue weighted by Crippen LogP contribution is -1.86. The van der Waals surface area contributed by atoms with Crippen LogP contribution in [0.2, 0.25) is 0 Å². The molecule has 0 atom stereocenters. The highest BCUT2D eigenvalue weighted by Crippen LogP contribution is 2.33. The molecule has 14 heavy (non-hydrogen) atoms. The highest BCUT2D eigenvalue weighted by molar-refractivity contribution is 8.01. The number of aryl methyl sites for hydroxylation is 1. The number of hydrogen-bond acceptors (Lipinski definition) is 5. The van der Waals surface area contributed by atoms with E-state index in [2.05, 4.69) is 10.2 Å². The van der Waals surface area contributed by atoms with E-state index in [4.69, 9.17) is 5.73 Å². The van der Waals surface area contributed by atoms with Gasteiger partial charge in [-0.1, -0.05) is 35.2 Å². The zero-order valence-corrected chi connectivity index (χ0v) is 9.23. The Labute approximate surface area is 90.4 Å². The van der Waals surface area contributed by atoms with Gasteiger partial charge < -0.3 is 5.73 Å². The van der Waals surface area contributed by atoms with Crippen LogP contribution in [-0.2, 0) is 0 Å². The molecule has 1 heterocycles. The van der Waals surface area contributed by atoms with E-state index in [1.165, 1.54) is 0 Å². The SMILES string of the molecule is Cc1nnc(Sc2ccccc2N)s1. The van der Waals surface area contributed by atoms with Crippen molar-refractivity contribution in [3.63, 3.8) is 0 Å². The Kier molecular flexibility index (Phi) is 2.69. The number of aromatic nitrogens is 2. The molecule has 0 fully saturated rings. The number of rotatable bonds is 2. The molecule has 1 aromatic heterocycles. The normalized spacial score (nSPS) is 10.4. The average Bonchev–Trinajstić information content (AvgIpc) is 2.56. The molecule has 5 heteroatoms. The van der Waals surface area contributed by atoms with Gasteiger partial charge in [0.1, 0.15) is 5.01 Å². The van der Waals surface area contributed by atoms with Crippen LogP contribution in [0.1, 0.15) is 5.01 Å². The Bertz CT molecular complexity index is 439. The van der Waals surface area contributed by atoms with Gasteiger partial charge in [0.15, 0.2) is 4.34 Å². The van der Waals surface area contributed by atoms with Crippen molar-refractivity contribution in [1.82, 2.24) is 10.2 Å². The lowest BCUT2D eigenvalue weighted by molar-refractivity contribution is 0.984. The summed E-state index contributed by atoms with van der Waals surface area (Å²) in [5.41, 5.74) is 6.59. The number of benzene rings is 1. The Morgan fingerprint density at radius 3 is 2.71 bits per heavy atom. The molecule has 2 aromatic rings. The molecule has 0 aliphatic carbocycles. The summed E-state index contributed by atoms with van der Waals surface area (Å²) in [5.74, 6) is 0. The van der Waals surface area contributed by atoms with Gasteiger partial charge in [-0.25, -0.2) is 0 Å². The van der Waals surface area contributed by atoms with Crippen molar-refractivity contribution in [2.75, 3.05) is 5.73 Å². The Hall–Kier alpha value is -1.07. The lowest BCUT2D eigenvalue weighted by atomic mass is 10.3. The summed E-state index contributed by atoms with van der Waals surface area (Å²) < 4.78 is 0.931. The molecule has 0 spiro atoms. The zero-order valence-electron chi connectivity index (χ0n) is 7.60. The number of anilines is 1. The Balaban J connectivity index is 2.23. The van der Waals surface area contributed by atoms with Crippen LogP contribution in [0.15, 0.2) is 33.5 Å². The molecule has 0 saturated heterocycles. The molecule has 1 aromatic carbocycles. The van der Waals surface area contributed by atoms with Gasteiger partial charge in [-0.3, -0.25) is 0 Å². The topological polar surface area (TPSA) is 51.8 Å². The first-order valence-electron chi connectivity index (χ1n) is 4.08. The smallest absolute Gasteiger partial charge is 0.179 e. The van der Waals surface area contributed by atoms with Crippen LogP contribution in [0.3, 0.4) is 0 Å². The van der Waals surface area contributed by atoms with Gasteiger partial charge in [-0.2, -0.15) is 0 Å². The van der Waals surface area contributed by atoms with E-state index < -0.39 is 0 Å². The number of para-hydroxylation sites is 1. The van der Waals surface area contributed by atoms with Gasteiger partial charge in [0.2, 0.25) is 0 Å². The molecule has 72 valence electrons. The third kappa shape index (κ3) is 2.05. The minimum atomic E-state index is 0.783. The quantitative estimate of drug-likeness (QED) is 0.795. The molecule has 0 saturated carbocycles. The first kappa shape index (κ1) is 9.48. The maximum Gasteiger partial charge on any atom is 0.179 e. The summed E-state index contributed by atoms with van der Waals surface area (Å²) in [6, 6.07) is 7.75. The molecule has 0 radical (unpaired) electrons. The third-order valence-electron chi connectivity index (χ3n) is 1.62. The van der Waals surface area contributed by atoms with E-state index in [0.29, 0.717) is 0 Å². The second kappa shape index (κ2) is 3.98. The minimum Gasteiger partial charge on any atom is -0.398 e. The van der Waals surface area contributed by atoms with Crippen molar-refractivity contribution >= 4 is 28.8 Å². The predicted octanol–water partition coefficient (Wildman–Crippen LogP) is 2.58. The van der Waals surface area contributed by atoms with E-state index in [1.54, 1.807) is 23.1 Å². The Morgan fingerprint density at radius 2 is 2.07 bits per heavy atom. The molecule has 0 amide bonds. The average molecular weight is 223 g/mol. The standard InChI is InChI=1S/C9H9N3S2/c1-6-11-12-9(13-6)14-8-5-3-2-4-7(8)10/h2-5H,10H2,1H3. The van der Waals surface area contributed by atoms with Gasteiger partial charge in [-0.05, 0) is 19.1 Å². The van der Waals surface area contributed by atoms with Crippen molar-refractivity contribution in [3.05, 3.63) is 29.3 Å².